The lowest BCUT2D eigenvalue weighted by Gasteiger charge is -2.30. The molecule has 1 saturated carbocycles. The second kappa shape index (κ2) is 10.2. The Bertz CT molecular complexity index is 587. The van der Waals surface area contributed by atoms with Gasteiger partial charge in [0, 0.05) is 24.6 Å². The van der Waals surface area contributed by atoms with Crippen molar-refractivity contribution in [2.75, 3.05) is 13.1 Å². The Kier molecular flexibility index (Phi) is 8.29. The van der Waals surface area contributed by atoms with Crippen molar-refractivity contribution in [2.24, 2.45) is 5.92 Å². The second-order valence-corrected chi connectivity index (χ2v) is 7.43. The molecule has 146 valence electrons. The summed E-state index contributed by atoms with van der Waals surface area (Å²) in [5.74, 6) is -0.198. The molecule has 1 amide bonds. The zero-order valence-electron chi connectivity index (χ0n) is 15.2. The number of carbonyl (C=O) groups excluding carboxylic acids is 1. The van der Waals surface area contributed by atoms with Gasteiger partial charge in [0.2, 0.25) is 5.91 Å². The highest BCUT2D eigenvalue weighted by Gasteiger charge is 2.28. The third-order valence-electron chi connectivity index (χ3n) is 5.66. The van der Waals surface area contributed by atoms with Gasteiger partial charge in [-0.05, 0) is 69.3 Å². The maximum atomic E-state index is 14.0. The van der Waals surface area contributed by atoms with Gasteiger partial charge in [-0.2, -0.15) is 0 Å². The summed E-state index contributed by atoms with van der Waals surface area (Å²) in [5.41, 5.74) is 0.280. The standard InChI is InChI=1S/C20H28F2N2O.ClH/c21-17-6-7-19(22)16(13-17)14-24(18-3-1-2-4-18)20(25)8-5-15-9-11-23-12-10-15;/h6-7,13,15,18,23H,1-5,8-12,14H2;1H. The van der Waals surface area contributed by atoms with Gasteiger partial charge in [0.1, 0.15) is 11.6 Å². The molecule has 1 aromatic rings. The van der Waals surface area contributed by atoms with Crippen LogP contribution in [0.15, 0.2) is 18.2 Å². The average Bonchev–Trinajstić information content (AvgIpc) is 3.15. The van der Waals surface area contributed by atoms with E-state index in [-0.39, 0.29) is 36.5 Å². The number of amides is 1. The number of halogens is 3. The fraction of sp³-hybridized carbons (Fsp3) is 0.650. The first-order valence-electron chi connectivity index (χ1n) is 9.57. The Morgan fingerprint density at radius 3 is 2.50 bits per heavy atom. The Labute approximate surface area is 160 Å². The van der Waals surface area contributed by atoms with Gasteiger partial charge >= 0.3 is 0 Å². The summed E-state index contributed by atoms with van der Waals surface area (Å²) in [7, 11) is 0. The number of rotatable bonds is 6. The van der Waals surface area contributed by atoms with E-state index in [0.29, 0.717) is 12.3 Å². The van der Waals surface area contributed by atoms with Crippen LogP contribution in [0.1, 0.15) is 56.9 Å². The number of hydrogen-bond donors (Lipinski definition) is 1. The lowest BCUT2D eigenvalue weighted by atomic mass is 9.93. The lowest BCUT2D eigenvalue weighted by molar-refractivity contribution is -0.134. The fourth-order valence-electron chi connectivity index (χ4n) is 4.13. The van der Waals surface area contributed by atoms with Gasteiger partial charge in [0.15, 0.2) is 0 Å². The first kappa shape index (κ1) is 21.1. The first-order valence-corrected chi connectivity index (χ1v) is 9.57. The van der Waals surface area contributed by atoms with Crippen LogP contribution in [0.2, 0.25) is 0 Å². The van der Waals surface area contributed by atoms with E-state index in [4.69, 9.17) is 0 Å². The van der Waals surface area contributed by atoms with Crippen molar-refractivity contribution in [3.63, 3.8) is 0 Å². The molecule has 1 aliphatic heterocycles. The van der Waals surface area contributed by atoms with Gasteiger partial charge in [-0.3, -0.25) is 4.79 Å². The quantitative estimate of drug-likeness (QED) is 0.784. The third-order valence-corrected chi connectivity index (χ3v) is 5.66. The van der Waals surface area contributed by atoms with Crippen LogP contribution in [0.25, 0.3) is 0 Å². The van der Waals surface area contributed by atoms with Crippen molar-refractivity contribution >= 4 is 18.3 Å². The Balaban J connectivity index is 0.00000243. The Morgan fingerprint density at radius 1 is 1.12 bits per heavy atom. The molecule has 1 N–H and O–H groups in total. The minimum absolute atomic E-state index is 0. The molecule has 3 nitrogen and oxygen atoms in total. The van der Waals surface area contributed by atoms with Crippen LogP contribution in [-0.2, 0) is 11.3 Å². The number of hydrogen-bond acceptors (Lipinski definition) is 2. The molecule has 0 unspecified atom stereocenters. The number of piperidine rings is 1. The second-order valence-electron chi connectivity index (χ2n) is 7.43. The highest BCUT2D eigenvalue weighted by atomic mass is 35.5. The molecule has 2 aliphatic rings. The van der Waals surface area contributed by atoms with Gasteiger partial charge in [-0.1, -0.05) is 12.8 Å². The van der Waals surface area contributed by atoms with Gasteiger partial charge in [-0.25, -0.2) is 8.78 Å². The molecular formula is C20H29ClF2N2O. The number of nitrogens with zero attached hydrogens (tertiary/aromatic N) is 1. The minimum atomic E-state index is -0.454. The average molecular weight is 387 g/mol. The SMILES string of the molecule is Cl.O=C(CCC1CCNCC1)N(Cc1cc(F)ccc1F)C1CCCC1. The van der Waals surface area contributed by atoms with Crippen LogP contribution >= 0.6 is 12.4 Å². The molecule has 1 heterocycles. The van der Waals surface area contributed by atoms with Gasteiger partial charge in [0.05, 0.1) is 0 Å². The number of nitrogens with one attached hydrogen (secondary N) is 1. The van der Waals surface area contributed by atoms with Crippen molar-refractivity contribution in [2.45, 2.75) is 64.0 Å². The van der Waals surface area contributed by atoms with E-state index in [1.54, 1.807) is 0 Å². The molecule has 0 bridgehead atoms. The van der Waals surface area contributed by atoms with Crippen molar-refractivity contribution in [3.8, 4) is 0 Å². The summed E-state index contributed by atoms with van der Waals surface area (Å²) < 4.78 is 27.5. The van der Waals surface area contributed by atoms with Crippen molar-refractivity contribution in [1.82, 2.24) is 10.2 Å². The molecule has 0 aromatic heterocycles. The zero-order valence-corrected chi connectivity index (χ0v) is 16.0. The predicted octanol–water partition coefficient (Wildman–Crippen LogP) is 4.44. The topological polar surface area (TPSA) is 32.3 Å². The van der Waals surface area contributed by atoms with Gasteiger partial charge in [-0.15, -0.1) is 12.4 Å². The molecule has 1 saturated heterocycles. The van der Waals surface area contributed by atoms with Gasteiger partial charge in [0.25, 0.3) is 0 Å². The highest BCUT2D eigenvalue weighted by Crippen LogP contribution is 2.27. The summed E-state index contributed by atoms with van der Waals surface area (Å²) in [6, 6.07) is 3.66. The van der Waals surface area contributed by atoms with E-state index in [1.807, 2.05) is 4.90 Å². The molecule has 2 fully saturated rings. The van der Waals surface area contributed by atoms with Crippen molar-refractivity contribution < 1.29 is 13.6 Å². The largest absolute Gasteiger partial charge is 0.335 e. The highest BCUT2D eigenvalue weighted by molar-refractivity contribution is 5.85. The molecule has 26 heavy (non-hydrogen) atoms. The number of carbonyl (C=O) groups is 1. The molecule has 1 aromatic carbocycles. The van der Waals surface area contributed by atoms with Gasteiger partial charge < -0.3 is 10.2 Å². The van der Waals surface area contributed by atoms with E-state index in [9.17, 15) is 13.6 Å². The van der Waals surface area contributed by atoms with E-state index < -0.39 is 11.6 Å². The summed E-state index contributed by atoms with van der Waals surface area (Å²) in [4.78, 5) is 14.7. The minimum Gasteiger partial charge on any atom is -0.335 e. The summed E-state index contributed by atoms with van der Waals surface area (Å²) in [5, 5.41) is 3.34. The van der Waals surface area contributed by atoms with E-state index >= 15 is 0 Å². The van der Waals surface area contributed by atoms with Crippen LogP contribution < -0.4 is 5.32 Å². The molecule has 1 aliphatic carbocycles. The van der Waals surface area contributed by atoms with Crippen molar-refractivity contribution in [3.05, 3.63) is 35.4 Å². The summed E-state index contributed by atoms with van der Waals surface area (Å²) in [6.45, 7) is 2.23. The molecular weight excluding hydrogens is 358 g/mol. The molecule has 6 heteroatoms. The fourth-order valence-corrected chi connectivity index (χ4v) is 4.13. The maximum Gasteiger partial charge on any atom is 0.223 e. The number of benzene rings is 1. The lowest BCUT2D eigenvalue weighted by Crippen LogP contribution is -2.39. The molecule has 0 atom stereocenters. The molecule has 3 rings (SSSR count). The molecule has 0 spiro atoms. The van der Waals surface area contributed by atoms with Crippen LogP contribution in [0, 0.1) is 17.6 Å². The van der Waals surface area contributed by atoms with Crippen molar-refractivity contribution in [1.29, 1.82) is 0 Å². The normalized spacial score (nSPS) is 18.5. The summed E-state index contributed by atoms with van der Waals surface area (Å²) >= 11 is 0. The maximum absolute atomic E-state index is 14.0. The predicted molar refractivity (Wildman–Crippen MR) is 101 cm³/mol. The molecule has 0 radical (unpaired) electrons. The Hall–Kier alpha value is -1.20. The van der Waals surface area contributed by atoms with Crippen LogP contribution in [0.3, 0.4) is 0 Å². The zero-order chi connectivity index (χ0) is 17.6. The van der Waals surface area contributed by atoms with E-state index in [0.717, 1.165) is 70.2 Å². The smallest absolute Gasteiger partial charge is 0.223 e. The third kappa shape index (κ3) is 5.65. The van der Waals surface area contributed by atoms with Crippen LogP contribution in [0.4, 0.5) is 8.78 Å². The van der Waals surface area contributed by atoms with Crippen LogP contribution in [0.5, 0.6) is 0 Å². The van der Waals surface area contributed by atoms with Crippen LogP contribution in [-0.4, -0.2) is 29.9 Å². The van der Waals surface area contributed by atoms with E-state index in [1.165, 1.54) is 6.07 Å². The summed E-state index contributed by atoms with van der Waals surface area (Å²) in [6.07, 6.45) is 7.80. The Morgan fingerprint density at radius 2 is 1.81 bits per heavy atom. The first-order chi connectivity index (χ1) is 12.1. The monoisotopic (exact) mass is 386 g/mol. The van der Waals surface area contributed by atoms with E-state index in [2.05, 4.69) is 5.32 Å².